The summed E-state index contributed by atoms with van der Waals surface area (Å²) in [5.41, 5.74) is 1.67. The van der Waals surface area contributed by atoms with Crippen LogP contribution in [0.2, 0.25) is 0 Å². The average molecular weight is 365 g/mol. The second-order valence-electron chi connectivity index (χ2n) is 6.73. The van der Waals surface area contributed by atoms with Crippen LogP contribution >= 0.6 is 0 Å². The van der Waals surface area contributed by atoms with Gasteiger partial charge in [0, 0.05) is 63.3 Å². The number of nitrogens with zero attached hydrogens (tertiary/aromatic N) is 7. The molecule has 3 aromatic rings. The van der Waals surface area contributed by atoms with Gasteiger partial charge in [0.1, 0.15) is 18.5 Å². The molecular formula is C19H23N7O. The highest BCUT2D eigenvalue weighted by Gasteiger charge is 2.22. The molecule has 2 aromatic heterocycles. The van der Waals surface area contributed by atoms with E-state index in [1.807, 2.05) is 51.7 Å². The Bertz CT molecular complexity index is 894. The molecule has 0 atom stereocenters. The van der Waals surface area contributed by atoms with Crippen LogP contribution in [0.25, 0.3) is 11.4 Å². The monoisotopic (exact) mass is 365 g/mol. The van der Waals surface area contributed by atoms with Gasteiger partial charge in [0.25, 0.3) is 5.91 Å². The van der Waals surface area contributed by atoms with Gasteiger partial charge in [-0.05, 0) is 12.1 Å². The molecule has 1 fully saturated rings. The summed E-state index contributed by atoms with van der Waals surface area (Å²) in [6, 6.07) is 7.72. The first kappa shape index (κ1) is 17.4. The van der Waals surface area contributed by atoms with E-state index in [2.05, 4.69) is 20.0 Å². The van der Waals surface area contributed by atoms with Crippen LogP contribution in [-0.4, -0.2) is 72.7 Å². The van der Waals surface area contributed by atoms with E-state index in [0.717, 1.165) is 50.7 Å². The van der Waals surface area contributed by atoms with Gasteiger partial charge in [-0.15, -0.1) is 0 Å². The maximum absolute atomic E-state index is 12.9. The number of hydrogen-bond donors (Lipinski definition) is 0. The standard InChI is InChI=1S/C19H23N7O/c1-23-6-5-21-18(23)16-3-2-4-17(13-16)19(27)25-10-7-24(8-11-25)9-12-26-15-20-14-22-26/h2-6,13-15H,7-12H2,1H3. The van der Waals surface area contributed by atoms with Gasteiger partial charge in [-0.25, -0.2) is 9.97 Å². The Morgan fingerprint density at radius 3 is 2.70 bits per heavy atom. The Hall–Kier alpha value is -3.00. The Labute approximate surface area is 158 Å². The van der Waals surface area contributed by atoms with E-state index in [-0.39, 0.29) is 5.91 Å². The molecule has 0 spiro atoms. The molecule has 1 amide bonds. The molecule has 8 heteroatoms. The fourth-order valence-corrected chi connectivity index (χ4v) is 3.38. The number of carbonyl (C=O) groups is 1. The zero-order chi connectivity index (χ0) is 18.6. The van der Waals surface area contributed by atoms with Crippen molar-refractivity contribution in [3.63, 3.8) is 0 Å². The number of imidazole rings is 1. The summed E-state index contributed by atoms with van der Waals surface area (Å²) in [5, 5.41) is 4.13. The maximum atomic E-state index is 12.9. The molecule has 27 heavy (non-hydrogen) atoms. The molecule has 0 bridgehead atoms. The minimum atomic E-state index is 0.0852. The summed E-state index contributed by atoms with van der Waals surface area (Å²) in [6.45, 7) is 4.96. The van der Waals surface area contributed by atoms with E-state index in [0.29, 0.717) is 5.56 Å². The van der Waals surface area contributed by atoms with Crippen molar-refractivity contribution in [2.24, 2.45) is 7.05 Å². The van der Waals surface area contributed by atoms with E-state index in [4.69, 9.17) is 0 Å². The molecule has 4 rings (SSSR count). The summed E-state index contributed by atoms with van der Waals surface area (Å²) in [7, 11) is 1.95. The van der Waals surface area contributed by atoms with Gasteiger partial charge >= 0.3 is 0 Å². The number of aromatic nitrogens is 5. The number of piperazine rings is 1. The molecule has 0 radical (unpaired) electrons. The van der Waals surface area contributed by atoms with E-state index >= 15 is 0 Å². The van der Waals surface area contributed by atoms with Crippen LogP contribution in [0.1, 0.15) is 10.4 Å². The fraction of sp³-hybridized carbons (Fsp3) is 0.368. The van der Waals surface area contributed by atoms with Crippen LogP contribution in [0, 0.1) is 0 Å². The summed E-state index contributed by atoms with van der Waals surface area (Å²) in [4.78, 5) is 25.5. The SMILES string of the molecule is Cn1ccnc1-c1cccc(C(=O)N2CCN(CCn3cncn3)CC2)c1. The number of amides is 1. The Balaban J connectivity index is 1.36. The molecule has 1 saturated heterocycles. The molecule has 0 N–H and O–H groups in total. The van der Waals surface area contributed by atoms with E-state index in [1.165, 1.54) is 0 Å². The van der Waals surface area contributed by atoms with Gasteiger partial charge in [0.2, 0.25) is 0 Å². The summed E-state index contributed by atoms with van der Waals surface area (Å²) < 4.78 is 3.79. The number of benzene rings is 1. The zero-order valence-electron chi connectivity index (χ0n) is 15.4. The van der Waals surface area contributed by atoms with Gasteiger partial charge in [0.15, 0.2) is 0 Å². The lowest BCUT2D eigenvalue weighted by atomic mass is 10.1. The van der Waals surface area contributed by atoms with Crippen molar-refractivity contribution in [3.05, 3.63) is 54.9 Å². The van der Waals surface area contributed by atoms with Gasteiger partial charge in [-0.1, -0.05) is 12.1 Å². The summed E-state index contributed by atoms with van der Waals surface area (Å²) in [6.07, 6.45) is 6.95. The highest BCUT2D eigenvalue weighted by atomic mass is 16.2. The normalized spacial score (nSPS) is 15.2. The number of rotatable bonds is 5. The summed E-state index contributed by atoms with van der Waals surface area (Å²) in [5.74, 6) is 0.949. The Morgan fingerprint density at radius 2 is 2.00 bits per heavy atom. The Morgan fingerprint density at radius 1 is 1.15 bits per heavy atom. The molecule has 140 valence electrons. The predicted molar refractivity (Wildman–Crippen MR) is 101 cm³/mol. The first-order valence-electron chi connectivity index (χ1n) is 9.12. The van der Waals surface area contributed by atoms with Gasteiger partial charge in [0.05, 0.1) is 6.54 Å². The average Bonchev–Trinajstić information content (AvgIpc) is 3.38. The number of aryl methyl sites for hydroxylation is 1. The van der Waals surface area contributed by atoms with Crippen LogP contribution < -0.4 is 0 Å². The molecule has 0 unspecified atom stereocenters. The largest absolute Gasteiger partial charge is 0.336 e. The molecule has 8 nitrogen and oxygen atoms in total. The topological polar surface area (TPSA) is 72.1 Å². The van der Waals surface area contributed by atoms with Crippen molar-refractivity contribution < 1.29 is 4.79 Å². The third-order valence-electron chi connectivity index (χ3n) is 4.96. The van der Waals surface area contributed by atoms with Gasteiger partial charge in [-0.2, -0.15) is 5.10 Å². The van der Waals surface area contributed by atoms with Crippen LogP contribution in [-0.2, 0) is 13.6 Å². The minimum Gasteiger partial charge on any atom is -0.336 e. The molecule has 1 aliphatic heterocycles. The lowest BCUT2D eigenvalue weighted by Gasteiger charge is -2.34. The van der Waals surface area contributed by atoms with Crippen LogP contribution in [0.3, 0.4) is 0 Å². The fourth-order valence-electron chi connectivity index (χ4n) is 3.38. The highest BCUT2D eigenvalue weighted by molar-refractivity contribution is 5.95. The van der Waals surface area contributed by atoms with Crippen molar-refractivity contribution in [1.29, 1.82) is 0 Å². The first-order chi connectivity index (χ1) is 13.2. The Kier molecular flexibility index (Phi) is 4.97. The highest BCUT2D eigenvalue weighted by Crippen LogP contribution is 2.19. The van der Waals surface area contributed by atoms with Crippen molar-refractivity contribution in [2.75, 3.05) is 32.7 Å². The lowest BCUT2D eigenvalue weighted by Crippen LogP contribution is -2.49. The molecule has 0 saturated carbocycles. The zero-order valence-corrected chi connectivity index (χ0v) is 15.4. The quantitative estimate of drug-likeness (QED) is 0.678. The minimum absolute atomic E-state index is 0.0852. The molecule has 3 heterocycles. The molecule has 1 aliphatic rings. The van der Waals surface area contributed by atoms with E-state index in [9.17, 15) is 4.79 Å². The van der Waals surface area contributed by atoms with Crippen molar-refractivity contribution in [3.8, 4) is 11.4 Å². The van der Waals surface area contributed by atoms with Crippen LogP contribution in [0.15, 0.2) is 49.3 Å². The van der Waals surface area contributed by atoms with Crippen molar-refractivity contribution in [1.82, 2.24) is 34.1 Å². The number of carbonyl (C=O) groups excluding carboxylic acids is 1. The second kappa shape index (κ2) is 7.71. The van der Waals surface area contributed by atoms with Crippen molar-refractivity contribution in [2.45, 2.75) is 6.54 Å². The van der Waals surface area contributed by atoms with Gasteiger partial charge in [-0.3, -0.25) is 14.4 Å². The third-order valence-corrected chi connectivity index (χ3v) is 4.96. The van der Waals surface area contributed by atoms with Crippen LogP contribution in [0.4, 0.5) is 0 Å². The lowest BCUT2D eigenvalue weighted by molar-refractivity contribution is 0.0632. The molecule has 0 aliphatic carbocycles. The molecule has 1 aromatic carbocycles. The van der Waals surface area contributed by atoms with Crippen molar-refractivity contribution >= 4 is 5.91 Å². The third kappa shape index (κ3) is 3.90. The van der Waals surface area contributed by atoms with Crippen LogP contribution in [0.5, 0.6) is 0 Å². The van der Waals surface area contributed by atoms with E-state index < -0.39 is 0 Å². The molecular weight excluding hydrogens is 342 g/mol. The maximum Gasteiger partial charge on any atom is 0.253 e. The second-order valence-corrected chi connectivity index (χ2v) is 6.73. The number of hydrogen-bond acceptors (Lipinski definition) is 5. The predicted octanol–water partition coefficient (Wildman–Crippen LogP) is 1.14. The first-order valence-corrected chi connectivity index (χ1v) is 9.12. The van der Waals surface area contributed by atoms with E-state index in [1.54, 1.807) is 18.9 Å². The summed E-state index contributed by atoms with van der Waals surface area (Å²) >= 11 is 0. The van der Waals surface area contributed by atoms with Gasteiger partial charge < -0.3 is 9.47 Å². The smallest absolute Gasteiger partial charge is 0.253 e.